The van der Waals surface area contributed by atoms with Crippen molar-refractivity contribution in [3.05, 3.63) is 92.8 Å². The van der Waals surface area contributed by atoms with Crippen molar-refractivity contribution in [2.24, 2.45) is 0 Å². The van der Waals surface area contributed by atoms with Gasteiger partial charge in [0.25, 0.3) is 5.56 Å². The van der Waals surface area contributed by atoms with Crippen molar-refractivity contribution in [2.75, 3.05) is 0 Å². The Hall–Kier alpha value is -3.78. The van der Waals surface area contributed by atoms with Crippen LogP contribution in [0.1, 0.15) is 30.8 Å². The third kappa shape index (κ3) is 3.29. The second kappa shape index (κ2) is 8.05. The molecule has 0 spiro atoms. The van der Waals surface area contributed by atoms with E-state index in [0.717, 1.165) is 16.3 Å². The van der Waals surface area contributed by atoms with E-state index in [1.54, 1.807) is 20.0 Å². The van der Waals surface area contributed by atoms with Gasteiger partial charge in [-0.3, -0.25) is 13.9 Å². The Balaban J connectivity index is 2.07. The molecule has 32 heavy (non-hydrogen) atoms. The second-order valence-electron chi connectivity index (χ2n) is 7.65. The van der Waals surface area contributed by atoms with E-state index in [0.29, 0.717) is 22.2 Å². The van der Waals surface area contributed by atoms with Crippen LogP contribution in [0.15, 0.2) is 58.8 Å². The van der Waals surface area contributed by atoms with Crippen molar-refractivity contribution in [2.45, 2.75) is 33.9 Å². The predicted molar refractivity (Wildman–Crippen MR) is 122 cm³/mol. The van der Waals surface area contributed by atoms with Crippen LogP contribution in [0, 0.1) is 12.7 Å². The number of pyridine rings is 1. The van der Waals surface area contributed by atoms with Gasteiger partial charge in [0, 0.05) is 18.3 Å². The van der Waals surface area contributed by atoms with Crippen LogP contribution in [-0.4, -0.2) is 24.0 Å². The first-order chi connectivity index (χ1) is 15.3. The minimum atomic E-state index is -0.767. The summed E-state index contributed by atoms with van der Waals surface area (Å²) in [5.74, 6) is -0.635. The summed E-state index contributed by atoms with van der Waals surface area (Å²) in [5, 5.41) is 14.2. The number of hydrogen-bond acceptors (Lipinski definition) is 4. The van der Waals surface area contributed by atoms with E-state index in [1.165, 1.54) is 15.2 Å². The molecule has 1 N–H and O–H groups in total. The quantitative estimate of drug-likeness (QED) is 0.522. The Bertz CT molecular complexity index is 1490. The van der Waals surface area contributed by atoms with Crippen molar-refractivity contribution in [1.82, 2.24) is 18.9 Å². The topological polar surface area (TPSA) is 82.0 Å². The molecule has 2 aromatic heterocycles. The molecule has 0 aliphatic carbocycles. The molecular formula is C24H23FN4O3. The Kier molecular flexibility index (Phi) is 5.40. The highest BCUT2D eigenvalue weighted by atomic mass is 19.1. The molecule has 0 saturated carbocycles. The van der Waals surface area contributed by atoms with Gasteiger partial charge in [-0.2, -0.15) is 4.68 Å². The summed E-state index contributed by atoms with van der Waals surface area (Å²) in [7, 11) is 0. The van der Waals surface area contributed by atoms with E-state index < -0.39 is 18.1 Å². The highest BCUT2D eigenvalue weighted by Gasteiger charge is 2.20. The van der Waals surface area contributed by atoms with Crippen LogP contribution in [0.5, 0.6) is 0 Å². The van der Waals surface area contributed by atoms with Gasteiger partial charge in [0.1, 0.15) is 18.1 Å². The molecule has 2 aromatic carbocycles. The molecule has 0 unspecified atom stereocenters. The van der Waals surface area contributed by atoms with Crippen molar-refractivity contribution >= 4 is 16.3 Å². The number of aryl methyl sites for hydroxylation is 1. The highest BCUT2D eigenvalue weighted by molar-refractivity contribution is 5.94. The number of rotatable bonds is 5. The van der Waals surface area contributed by atoms with Gasteiger partial charge >= 0.3 is 5.69 Å². The lowest BCUT2D eigenvalue weighted by Crippen LogP contribution is -2.25. The van der Waals surface area contributed by atoms with Crippen molar-refractivity contribution in [3.8, 4) is 11.4 Å². The molecule has 164 valence electrons. The summed E-state index contributed by atoms with van der Waals surface area (Å²) in [6.07, 6.45) is 1.68. The van der Waals surface area contributed by atoms with Gasteiger partial charge in [0.2, 0.25) is 0 Å². The number of fused-ring (bicyclic) bond motifs is 1. The van der Waals surface area contributed by atoms with Gasteiger partial charge in [-0.1, -0.05) is 24.8 Å². The Labute approximate surface area is 183 Å². The molecule has 0 amide bonds. The maximum Gasteiger partial charge on any atom is 0.350 e. The Morgan fingerprint density at radius 1 is 1.16 bits per heavy atom. The number of allylic oxidation sites excluding steroid dienone is 1. The summed E-state index contributed by atoms with van der Waals surface area (Å²) in [5.41, 5.74) is 1.86. The zero-order valence-electron chi connectivity index (χ0n) is 18.1. The molecule has 0 aliphatic heterocycles. The minimum absolute atomic E-state index is 0.0973. The average Bonchev–Trinajstić information content (AvgIpc) is 3.09. The van der Waals surface area contributed by atoms with Gasteiger partial charge in [0.05, 0.1) is 11.1 Å². The molecule has 0 aliphatic rings. The van der Waals surface area contributed by atoms with E-state index in [-0.39, 0.29) is 29.0 Å². The Morgan fingerprint density at radius 3 is 2.47 bits per heavy atom. The summed E-state index contributed by atoms with van der Waals surface area (Å²) in [4.78, 5) is 26.1. The zero-order valence-corrected chi connectivity index (χ0v) is 18.1. The third-order valence-electron chi connectivity index (χ3n) is 5.54. The fourth-order valence-corrected chi connectivity index (χ4v) is 3.89. The molecule has 4 aromatic rings. The summed E-state index contributed by atoms with van der Waals surface area (Å²) in [6.45, 7) is 9.27. The smallest absolute Gasteiger partial charge is 0.350 e. The number of aliphatic hydroxyl groups excluding tert-OH is 1. The van der Waals surface area contributed by atoms with Gasteiger partial charge in [-0.25, -0.2) is 9.18 Å². The van der Waals surface area contributed by atoms with Crippen LogP contribution in [0.2, 0.25) is 0 Å². The number of halogens is 1. The number of benzene rings is 2. The molecule has 0 radical (unpaired) electrons. The van der Waals surface area contributed by atoms with Crippen molar-refractivity contribution in [1.29, 1.82) is 0 Å². The normalized spacial score (nSPS) is 11.3. The fourth-order valence-electron chi connectivity index (χ4n) is 3.89. The molecule has 0 fully saturated rings. The minimum Gasteiger partial charge on any atom is -0.388 e. The first-order valence-electron chi connectivity index (χ1n) is 10.2. The lowest BCUT2D eigenvalue weighted by molar-refractivity contribution is 0.264. The summed E-state index contributed by atoms with van der Waals surface area (Å²) >= 11 is 0. The maximum absolute atomic E-state index is 15.2. The van der Waals surface area contributed by atoms with Crippen molar-refractivity contribution < 1.29 is 9.50 Å². The number of para-hydroxylation sites is 1. The van der Waals surface area contributed by atoms with Crippen LogP contribution in [0.25, 0.3) is 27.7 Å². The maximum atomic E-state index is 15.2. The van der Waals surface area contributed by atoms with Crippen LogP contribution in [0.4, 0.5) is 4.39 Å². The van der Waals surface area contributed by atoms with Gasteiger partial charge < -0.3 is 5.11 Å². The summed E-state index contributed by atoms with van der Waals surface area (Å²) in [6, 6.07) is 9.99. The first kappa shape index (κ1) is 21.5. The molecule has 0 atom stereocenters. The van der Waals surface area contributed by atoms with Crippen LogP contribution >= 0.6 is 0 Å². The number of nitrogens with zero attached hydrogens (tertiary/aromatic N) is 4. The summed E-state index contributed by atoms with van der Waals surface area (Å²) < 4.78 is 18.9. The third-order valence-corrected chi connectivity index (χ3v) is 5.54. The van der Waals surface area contributed by atoms with Crippen molar-refractivity contribution in [3.63, 3.8) is 0 Å². The standard InChI is InChI=1S/C24H23FN4O3/c1-5-27-22(13-30)26-29(24(27)32)21-11-16-17(10-19(21)25)23(31)28(12-18(16)14(2)3)20-9-7-6-8-15(20)4/h6-12,30H,2,5,13H2,1,3-4H3. The van der Waals surface area contributed by atoms with E-state index in [9.17, 15) is 14.7 Å². The lowest BCUT2D eigenvalue weighted by atomic mass is 10.0. The largest absolute Gasteiger partial charge is 0.388 e. The average molecular weight is 434 g/mol. The molecule has 4 rings (SSSR count). The number of aliphatic hydroxyl groups is 1. The Morgan fingerprint density at radius 2 is 1.88 bits per heavy atom. The van der Waals surface area contributed by atoms with E-state index in [1.807, 2.05) is 31.2 Å². The molecule has 0 saturated heterocycles. The molecule has 2 heterocycles. The lowest BCUT2D eigenvalue weighted by Gasteiger charge is -2.15. The first-order valence-corrected chi connectivity index (χ1v) is 10.2. The highest BCUT2D eigenvalue weighted by Crippen LogP contribution is 2.27. The fraction of sp³-hybridized carbons (Fsp3) is 0.208. The van der Waals surface area contributed by atoms with Crippen LogP contribution < -0.4 is 11.2 Å². The zero-order chi connectivity index (χ0) is 23.2. The van der Waals surface area contributed by atoms with Crippen LogP contribution in [-0.2, 0) is 13.2 Å². The SMILES string of the molecule is C=C(C)c1cn(-c2ccccc2C)c(=O)c2cc(F)c(-n3nc(CO)n(CC)c3=O)cc12. The van der Waals surface area contributed by atoms with Crippen LogP contribution in [0.3, 0.4) is 0 Å². The van der Waals surface area contributed by atoms with E-state index in [4.69, 9.17) is 0 Å². The van der Waals surface area contributed by atoms with E-state index >= 15 is 4.39 Å². The number of hydrogen-bond donors (Lipinski definition) is 1. The van der Waals surface area contributed by atoms with Gasteiger partial charge in [-0.15, -0.1) is 5.10 Å². The number of aromatic nitrogens is 4. The predicted octanol–water partition coefficient (Wildman–Crippen LogP) is 3.33. The molecule has 8 heteroatoms. The monoisotopic (exact) mass is 434 g/mol. The molecule has 7 nitrogen and oxygen atoms in total. The van der Waals surface area contributed by atoms with E-state index in [2.05, 4.69) is 11.7 Å². The molecule has 0 bridgehead atoms. The van der Waals surface area contributed by atoms with Gasteiger partial charge in [0.15, 0.2) is 5.82 Å². The second-order valence-corrected chi connectivity index (χ2v) is 7.65. The van der Waals surface area contributed by atoms with Gasteiger partial charge in [-0.05, 0) is 55.5 Å². The molecular weight excluding hydrogens is 411 g/mol.